The Labute approximate surface area is 199 Å². The van der Waals surface area contributed by atoms with Gasteiger partial charge >= 0.3 is 6.16 Å². The largest absolute Gasteiger partial charge is 0.528 e. The fraction of sp³-hybridized carbons (Fsp3) is 0.500. The Morgan fingerprint density at radius 2 is 2.03 bits per heavy atom. The number of anilines is 2. The van der Waals surface area contributed by atoms with Crippen molar-refractivity contribution >= 4 is 17.7 Å². The van der Waals surface area contributed by atoms with E-state index in [1.54, 1.807) is 43.3 Å². The zero-order valence-corrected chi connectivity index (χ0v) is 20.0. The molecule has 1 aliphatic rings. The lowest BCUT2D eigenvalue weighted by molar-refractivity contribution is -0.151. The molecule has 0 amide bonds. The van der Waals surface area contributed by atoms with Crippen molar-refractivity contribution in [1.29, 1.82) is 0 Å². The highest BCUT2D eigenvalue weighted by Crippen LogP contribution is 2.37. The lowest BCUT2D eigenvalue weighted by Gasteiger charge is -2.30. The monoisotopic (exact) mass is 477 g/mol. The fourth-order valence-corrected chi connectivity index (χ4v) is 3.38. The third-order valence-electron chi connectivity index (χ3n) is 4.97. The van der Waals surface area contributed by atoms with Crippen molar-refractivity contribution in [2.75, 3.05) is 32.1 Å². The smallest absolute Gasteiger partial charge is 0.493 e. The fourth-order valence-electron chi connectivity index (χ4n) is 3.38. The van der Waals surface area contributed by atoms with Gasteiger partial charge < -0.3 is 29.1 Å². The Morgan fingerprint density at radius 1 is 1.26 bits per heavy atom. The number of carbonyl (C=O) groups excluding carboxylic acids is 1. The molecule has 1 aromatic heterocycles. The molecule has 0 radical (unpaired) electrons. The molecule has 0 aliphatic carbocycles. The number of hydrogen-bond acceptors (Lipinski definition) is 9. The Kier molecular flexibility index (Phi) is 9.15. The topological polar surface area (TPSA) is 91.4 Å². The highest BCUT2D eigenvalue weighted by atomic mass is 19.1. The highest BCUT2D eigenvalue weighted by Gasteiger charge is 2.25. The molecule has 186 valence electrons. The first kappa shape index (κ1) is 25.4. The number of ether oxygens (including phenoxy) is 4. The number of nitrogens with one attached hydrogen (secondary N) is 1. The molecule has 0 bridgehead atoms. The van der Waals surface area contributed by atoms with Crippen LogP contribution < -0.4 is 19.5 Å². The van der Waals surface area contributed by atoms with Crippen molar-refractivity contribution < 1.29 is 33.0 Å². The molecular formula is C24H32FN3O6. The van der Waals surface area contributed by atoms with Crippen LogP contribution in [0.5, 0.6) is 17.2 Å². The average molecular weight is 478 g/mol. The van der Waals surface area contributed by atoms with Gasteiger partial charge in [0.1, 0.15) is 17.7 Å². The standard InChI is InChI=1S/C24H32FN3O6/c1-5-14-31-18-6-7-20(19(25)15-18)27-23-22(30-4)21(8-11-26-23)33-17-9-12-28(13-10-17)34-24(29)32-16(2)3/h6-8,11,15-17H,5,9-10,12-14H2,1-4H3,(H,26,27). The van der Waals surface area contributed by atoms with Crippen LogP contribution in [0.3, 0.4) is 0 Å². The van der Waals surface area contributed by atoms with Gasteiger partial charge in [-0.2, -0.15) is 0 Å². The molecule has 1 fully saturated rings. The number of hydrogen-bond donors (Lipinski definition) is 1. The van der Waals surface area contributed by atoms with Crippen LogP contribution >= 0.6 is 0 Å². The van der Waals surface area contributed by atoms with Gasteiger partial charge in [0.15, 0.2) is 11.6 Å². The minimum atomic E-state index is -0.710. The molecule has 3 rings (SSSR count). The van der Waals surface area contributed by atoms with Crippen molar-refractivity contribution in [3.8, 4) is 17.2 Å². The van der Waals surface area contributed by atoms with E-state index in [0.29, 0.717) is 55.6 Å². The third kappa shape index (κ3) is 7.11. The maximum atomic E-state index is 14.6. The SMILES string of the molecule is CCCOc1ccc(Nc2nccc(OC3CCN(OC(=O)OC(C)C)CC3)c2OC)c(F)c1. The number of benzene rings is 1. The number of methoxy groups -OCH3 is 1. The predicted octanol–water partition coefficient (Wildman–Crippen LogP) is 5.08. The summed E-state index contributed by atoms with van der Waals surface area (Å²) >= 11 is 0. The number of nitrogens with zero attached hydrogens (tertiary/aromatic N) is 2. The van der Waals surface area contributed by atoms with Crippen LogP contribution in [0.15, 0.2) is 30.5 Å². The first-order valence-corrected chi connectivity index (χ1v) is 11.4. The van der Waals surface area contributed by atoms with Gasteiger partial charge in [0, 0.05) is 44.3 Å². The number of hydroxylamine groups is 2. The second-order valence-electron chi connectivity index (χ2n) is 8.06. The molecule has 0 spiro atoms. The molecule has 9 nitrogen and oxygen atoms in total. The summed E-state index contributed by atoms with van der Waals surface area (Å²) in [6.07, 6.45) is 2.61. The molecule has 1 saturated heterocycles. The van der Waals surface area contributed by atoms with Gasteiger partial charge in [-0.15, -0.1) is 5.06 Å². The van der Waals surface area contributed by atoms with E-state index in [4.69, 9.17) is 23.8 Å². The van der Waals surface area contributed by atoms with Gasteiger partial charge in [0.25, 0.3) is 0 Å². The summed E-state index contributed by atoms with van der Waals surface area (Å²) in [6, 6.07) is 6.32. The second-order valence-corrected chi connectivity index (χ2v) is 8.06. The Bertz CT molecular complexity index is 950. The highest BCUT2D eigenvalue weighted by molar-refractivity contribution is 5.67. The van der Waals surface area contributed by atoms with Gasteiger partial charge in [0.05, 0.1) is 25.5 Å². The molecule has 0 unspecified atom stereocenters. The van der Waals surface area contributed by atoms with Crippen molar-refractivity contribution in [3.05, 3.63) is 36.3 Å². The maximum absolute atomic E-state index is 14.6. The molecule has 1 aliphatic heterocycles. The number of pyridine rings is 1. The van der Waals surface area contributed by atoms with E-state index >= 15 is 0 Å². The molecule has 1 aromatic carbocycles. The van der Waals surface area contributed by atoms with Crippen molar-refractivity contribution in [2.45, 2.75) is 52.2 Å². The van der Waals surface area contributed by atoms with E-state index in [0.717, 1.165) is 6.42 Å². The molecule has 0 atom stereocenters. The summed E-state index contributed by atoms with van der Waals surface area (Å²) < 4.78 is 36.7. The van der Waals surface area contributed by atoms with Gasteiger partial charge in [-0.1, -0.05) is 6.92 Å². The van der Waals surface area contributed by atoms with E-state index in [9.17, 15) is 9.18 Å². The molecule has 34 heavy (non-hydrogen) atoms. The molecule has 0 saturated carbocycles. The van der Waals surface area contributed by atoms with Crippen LogP contribution in [0.4, 0.5) is 20.7 Å². The minimum Gasteiger partial charge on any atom is -0.493 e. The van der Waals surface area contributed by atoms with Crippen LogP contribution in [0.1, 0.15) is 40.0 Å². The van der Waals surface area contributed by atoms with E-state index < -0.39 is 12.0 Å². The minimum absolute atomic E-state index is 0.114. The molecule has 1 N–H and O–H groups in total. The summed E-state index contributed by atoms with van der Waals surface area (Å²) in [4.78, 5) is 21.2. The van der Waals surface area contributed by atoms with E-state index in [1.165, 1.54) is 13.2 Å². The van der Waals surface area contributed by atoms with Crippen LogP contribution in [-0.2, 0) is 9.57 Å². The lowest BCUT2D eigenvalue weighted by Crippen LogP contribution is -2.39. The average Bonchev–Trinajstić information content (AvgIpc) is 2.80. The quantitative estimate of drug-likeness (QED) is 0.470. The van der Waals surface area contributed by atoms with Crippen LogP contribution in [0.2, 0.25) is 0 Å². The van der Waals surface area contributed by atoms with Gasteiger partial charge in [0.2, 0.25) is 5.75 Å². The van der Waals surface area contributed by atoms with Crippen LogP contribution in [0, 0.1) is 5.82 Å². The maximum Gasteiger partial charge on any atom is 0.528 e. The van der Waals surface area contributed by atoms with Gasteiger partial charge in [-0.05, 0) is 32.4 Å². The third-order valence-corrected chi connectivity index (χ3v) is 4.97. The van der Waals surface area contributed by atoms with Crippen molar-refractivity contribution in [2.24, 2.45) is 0 Å². The Hall–Kier alpha value is -3.27. The van der Waals surface area contributed by atoms with Crippen molar-refractivity contribution in [1.82, 2.24) is 10.0 Å². The summed E-state index contributed by atoms with van der Waals surface area (Å²) in [5, 5.41) is 4.54. The van der Waals surface area contributed by atoms with E-state index in [-0.39, 0.29) is 17.9 Å². The predicted molar refractivity (Wildman–Crippen MR) is 124 cm³/mol. The summed E-state index contributed by atoms with van der Waals surface area (Å²) in [7, 11) is 1.50. The number of piperidine rings is 1. The molecule has 2 aromatic rings. The first-order chi connectivity index (χ1) is 16.4. The number of halogens is 1. The Balaban J connectivity index is 1.62. The number of carbonyl (C=O) groups is 1. The Morgan fingerprint density at radius 3 is 2.68 bits per heavy atom. The molecule has 2 heterocycles. The zero-order valence-electron chi connectivity index (χ0n) is 20.0. The van der Waals surface area contributed by atoms with E-state index in [2.05, 4.69) is 10.3 Å². The normalized spacial score (nSPS) is 14.5. The van der Waals surface area contributed by atoms with Gasteiger partial charge in [-0.3, -0.25) is 0 Å². The molecule has 10 heteroatoms. The zero-order chi connectivity index (χ0) is 24.5. The molecular weight excluding hydrogens is 445 g/mol. The van der Waals surface area contributed by atoms with Gasteiger partial charge in [-0.25, -0.2) is 14.2 Å². The summed E-state index contributed by atoms with van der Waals surface area (Å²) in [5.74, 6) is 1.19. The first-order valence-electron chi connectivity index (χ1n) is 11.4. The second kappa shape index (κ2) is 12.3. The number of aromatic nitrogens is 1. The van der Waals surface area contributed by atoms with E-state index in [1.807, 2.05) is 6.92 Å². The summed E-state index contributed by atoms with van der Waals surface area (Å²) in [6.45, 7) is 7.05. The van der Waals surface area contributed by atoms with Crippen LogP contribution in [0.25, 0.3) is 0 Å². The summed E-state index contributed by atoms with van der Waals surface area (Å²) in [5.41, 5.74) is 0.241. The van der Waals surface area contributed by atoms with Crippen LogP contribution in [-0.4, -0.2) is 55.2 Å². The number of rotatable bonds is 10. The lowest BCUT2D eigenvalue weighted by atomic mass is 10.1. The van der Waals surface area contributed by atoms with Crippen molar-refractivity contribution in [3.63, 3.8) is 0 Å².